The summed E-state index contributed by atoms with van der Waals surface area (Å²) in [6.07, 6.45) is 2.60. The van der Waals surface area contributed by atoms with Crippen molar-refractivity contribution in [2.45, 2.75) is 20.3 Å². The summed E-state index contributed by atoms with van der Waals surface area (Å²) in [5.41, 5.74) is 7.32. The smallest absolute Gasteiger partial charge is 0.298 e. The lowest BCUT2D eigenvalue weighted by atomic mass is 10.0. The first-order valence-corrected chi connectivity index (χ1v) is 15.6. The monoisotopic (exact) mass is 623 g/mol. The van der Waals surface area contributed by atoms with Crippen LogP contribution in [0.3, 0.4) is 0 Å². The van der Waals surface area contributed by atoms with Gasteiger partial charge in [0.05, 0.1) is 13.3 Å². The molecule has 0 atom stereocenters. The van der Waals surface area contributed by atoms with E-state index >= 15 is 0 Å². The molecule has 0 saturated heterocycles. The van der Waals surface area contributed by atoms with Crippen LogP contribution in [-0.4, -0.2) is 41.3 Å². The minimum absolute atomic E-state index is 0.277. The molecule has 6 aromatic rings. The van der Waals surface area contributed by atoms with Gasteiger partial charge in [-0.2, -0.15) is 0 Å². The number of hydrogen-bond donors (Lipinski definition) is 2. The number of rotatable bonds is 12. The van der Waals surface area contributed by atoms with Gasteiger partial charge >= 0.3 is 0 Å². The van der Waals surface area contributed by atoms with Gasteiger partial charge in [0.1, 0.15) is 17.3 Å². The third kappa shape index (κ3) is 7.17. The molecule has 2 N–H and O–H groups in total. The topological polar surface area (TPSA) is 88.0 Å². The van der Waals surface area contributed by atoms with E-state index in [2.05, 4.69) is 51.7 Å². The summed E-state index contributed by atoms with van der Waals surface area (Å²) in [7, 11) is 1.57. The summed E-state index contributed by atoms with van der Waals surface area (Å²) < 4.78 is 7.12. The Hall–Kier alpha value is -5.89. The Morgan fingerprint density at radius 3 is 2.23 bits per heavy atom. The molecule has 0 aliphatic carbocycles. The Morgan fingerprint density at radius 1 is 0.830 bits per heavy atom. The van der Waals surface area contributed by atoms with Crippen LogP contribution in [0.4, 0.5) is 22.9 Å². The van der Waals surface area contributed by atoms with Crippen molar-refractivity contribution < 1.29 is 14.3 Å². The molecule has 0 spiro atoms. The number of para-hydroxylation sites is 1. The van der Waals surface area contributed by atoms with Gasteiger partial charge < -0.3 is 24.7 Å². The Morgan fingerprint density at radius 2 is 1.53 bits per heavy atom. The maximum Gasteiger partial charge on any atom is 0.298 e. The first-order valence-electron chi connectivity index (χ1n) is 15.6. The standard InChI is InChI=1S/C39H37N5O3/c1-27-23-28(2)41-36(24-27)40-21-10-22-43(31-13-8-5-9-14-31)32-17-15-30(16-18-32)42-39(46)38(45)37-35(29-11-6-4-7-12-29)25-33-19-20-34(47-3)26-44(33)37/h4-9,11-20,23-26H,10,21-22H2,1-3H3,(H,40,41)(H,42,46). The number of pyridine rings is 2. The van der Waals surface area contributed by atoms with Gasteiger partial charge in [0.25, 0.3) is 11.7 Å². The number of aryl methyl sites for hydroxylation is 2. The zero-order valence-corrected chi connectivity index (χ0v) is 26.7. The zero-order valence-electron chi connectivity index (χ0n) is 26.7. The predicted molar refractivity (Wildman–Crippen MR) is 189 cm³/mol. The number of hydrogen-bond acceptors (Lipinski definition) is 6. The molecule has 0 saturated carbocycles. The molecule has 8 nitrogen and oxygen atoms in total. The lowest BCUT2D eigenvalue weighted by Gasteiger charge is -2.25. The first-order chi connectivity index (χ1) is 22.9. The van der Waals surface area contributed by atoms with Gasteiger partial charge in [-0.15, -0.1) is 0 Å². The van der Waals surface area contributed by atoms with Crippen molar-refractivity contribution in [3.8, 4) is 16.9 Å². The van der Waals surface area contributed by atoms with Crippen molar-refractivity contribution in [2.75, 3.05) is 35.7 Å². The van der Waals surface area contributed by atoms with Crippen LogP contribution in [0.1, 0.15) is 28.2 Å². The predicted octanol–water partition coefficient (Wildman–Crippen LogP) is 8.09. The van der Waals surface area contributed by atoms with E-state index in [-0.39, 0.29) is 5.69 Å². The van der Waals surface area contributed by atoms with Crippen molar-refractivity contribution in [1.82, 2.24) is 9.38 Å². The molecule has 3 heterocycles. The fourth-order valence-electron chi connectivity index (χ4n) is 5.76. The van der Waals surface area contributed by atoms with E-state index in [1.807, 2.05) is 97.9 Å². The minimum atomic E-state index is -0.719. The molecule has 0 unspecified atom stereocenters. The summed E-state index contributed by atoms with van der Waals surface area (Å²) in [5.74, 6) is 0.103. The van der Waals surface area contributed by atoms with Gasteiger partial charge in [-0.05, 0) is 98.1 Å². The molecule has 47 heavy (non-hydrogen) atoms. The first kappa shape index (κ1) is 31.1. The fourth-order valence-corrected chi connectivity index (χ4v) is 5.76. The zero-order chi connectivity index (χ0) is 32.8. The number of methoxy groups -OCH3 is 1. The number of amides is 1. The Kier molecular flexibility index (Phi) is 9.29. The van der Waals surface area contributed by atoms with E-state index in [0.717, 1.165) is 53.5 Å². The minimum Gasteiger partial charge on any atom is -0.495 e. The molecule has 0 aliphatic rings. The second kappa shape index (κ2) is 14.0. The number of carbonyl (C=O) groups excluding carboxylic acids is 2. The summed E-state index contributed by atoms with van der Waals surface area (Å²) in [5, 5.41) is 6.26. The van der Waals surface area contributed by atoms with E-state index < -0.39 is 11.7 Å². The highest BCUT2D eigenvalue weighted by Crippen LogP contribution is 2.31. The molecule has 6 rings (SSSR count). The van der Waals surface area contributed by atoms with E-state index in [1.165, 1.54) is 5.56 Å². The van der Waals surface area contributed by atoms with Crippen LogP contribution in [-0.2, 0) is 4.79 Å². The van der Waals surface area contributed by atoms with Gasteiger partial charge in [-0.1, -0.05) is 48.5 Å². The van der Waals surface area contributed by atoms with Gasteiger partial charge in [0.2, 0.25) is 0 Å². The molecule has 0 radical (unpaired) electrons. The maximum absolute atomic E-state index is 13.8. The van der Waals surface area contributed by atoms with Crippen LogP contribution in [0.5, 0.6) is 5.75 Å². The molecule has 3 aromatic heterocycles. The second-order valence-corrected chi connectivity index (χ2v) is 11.4. The third-order valence-corrected chi connectivity index (χ3v) is 7.95. The number of ether oxygens (including phenoxy) is 1. The van der Waals surface area contributed by atoms with Crippen molar-refractivity contribution >= 4 is 40.1 Å². The van der Waals surface area contributed by atoms with Crippen LogP contribution < -0.4 is 20.3 Å². The number of anilines is 4. The number of carbonyl (C=O) groups is 2. The van der Waals surface area contributed by atoms with Crippen LogP contribution in [0.15, 0.2) is 121 Å². The molecule has 3 aromatic carbocycles. The highest BCUT2D eigenvalue weighted by Gasteiger charge is 2.25. The van der Waals surface area contributed by atoms with Gasteiger partial charge in [0.15, 0.2) is 0 Å². The molecule has 1 amide bonds. The van der Waals surface area contributed by atoms with Crippen LogP contribution in [0.2, 0.25) is 0 Å². The van der Waals surface area contributed by atoms with Crippen LogP contribution >= 0.6 is 0 Å². The lowest BCUT2D eigenvalue weighted by Crippen LogP contribution is -2.25. The van der Waals surface area contributed by atoms with E-state index in [4.69, 9.17) is 4.74 Å². The van der Waals surface area contributed by atoms with Crippen LogP contribution in [0, 0.1) is 13.8 Å². The molecular weight excluding hydrogens is 586 g/mol. The molecule has 0 aliphatic heterocycles. The quantitative estimate of drug-likeness (QED) is 0.0814. The number of nitrogens with one attached hydrogen (secondary N) is 2. The van der Waals surface area contributed by atoms with Crippen molar-refractivity contribution in [3.05, 3.63) is 138 Å². The van der Waals surface area contributed by atoms with Crippen molar-refractivity contribution in [1.29, 1.82) is 0 Å². The van der Waals surface area contributed by atoms with E-state index in [9.17, 15) is 9.59 Å². The van der Waals surface area contributed by atoms with E-state index in [1.54, 1.807) is 17.7 Å². The van der Waals surface area contributed by atoms with Gasteiger partial charge in [-0.3, -0.25) is 9.59 Å². The lowest BCUT2D eigenvalue weighted by molar-refractivity contribution is -0.112. The molecule has 8 heteroatoms. The third-order valence-electron chi connectivity index (χ3n) is 7.95. The van der Waals surface area contributed by atoms with E-state index in [0.29, 0.717) is 17.0 Å². The number of benzene rings is 3. The Bertz CT molecular complexity index is 1980. The summed E-state index contributed by atoms with van der Waals surface area (Å²) in [6.45, 7) is 5.60. The molecule has 0 fully saturated rings. The Labute approximate surface area is 274 Å². The number of aromatic nitrogens is 2. The number of Topliss-reactive ketones (excluding diaryl/α,β-unsaturated/α-hetero) is 1. The Balaban J connectivity index is 1.19. The summed E-state index contributed by atoms with van der Waals surface area (Å²) in [4.78, 5) is 34.0. The van der Waals surface area contributed by atoms with Crippen LogP contribution in [0.25, 0.3) is 16.6 Å². The van der Waals surface area contributed by atoms with Gasteiger partial charge in [-0.25, -0.2) is 4.98 Å². The summed E-state index contributed by atoms with van der Waals surface area (Å²) in [6, 6.07) is 37.1. The van der Waals surface area contributed by atoms with Crippen molar-refractivity contribution in [2.24, 2.45) is 0 Å². The average molecular weight is 624 g/mol. The largest absolute Gasteiger partial charge is 0.495 e. The highest BCUT2D eigenvalue weighted by atomic mass is 16.5. The molecule has 0 bridgehead atoms. The number of fused-ring (bicyclic) bond motifs is 1. The number of ketones is 1. The average Bonchev–Trinajstić information content (AvgIpc) is 3.47. The number of nitrogens with zero attached hydrogens (tertiary/aromatic N) is 3. The van der Waals surface area contributed by atoms with Crippen molar-refractivity contribution in [3.63, 3.8) is 0 Å². The molecule has 236 valence electrons. The fraction of sp³-hybridized carbons (Fsp3) is 0.154. The second-order valence-electron chi connectivity index (χ2n) is 11.4. The normalized spacial score (nSPS) is 10.9. The maximum atomic E-state index is 13.8. The summed E-state index contributed by atoms with van der Waals surface area (Å²) >= 11 is 0. The van der Waals surface area contributed by atoms with Gasteiger partial charge in [0, 0.05) is 46.9 Å². The molecular formula is C39H37N5O3. The highest BCUT2D eigenvalue weighted by molar-refractivity contribution is 6.47. The SMILES string of the molecule is COc1ccc2cc(-c3ccccc3)c(C(=O)C(=O)Nc3ccc(N(CCCNc4cc(C)cc(C)n4)c4ccccc4)cc3)n2c1.